The molecule has 0 N–H and O–H groups in total. The number of hydrogen-bond donors (Lipinski definition) is 0. The summed E-state index contributed by atoms with van der Waals surface area (Å²) in [5, 5.41) is 0. The molecule has 0 aliphatic rings. The first-order valence-corrected chi connectivity index (χ1v) is 6.49. The van der Waals surface area contributed by atoms with Crippen LogP contribution < -0.4 is 0 Å². The maximum Gasteiger partial charge on any atom is 0.0646 e. The van der Waals surface area contributed by atoms with E-state index in [0.29, 0.717) is 0 Å². The molecular formula is C16H28O. The normalized spacial score (nSPS) is 12.8. The Kier molecular flexibility index (Phi) is 9.84. The summed E-state index contributed by atoms with van der Waals surface area (Å²) in [6.45, 7) is 9.44. The lowest BCUT2D eigenvalue weighted by molar-refractivity contribution is 0.233. The van der Waals surface area contributed by atoms with Gasteiger partial charge in [0, 0.05) is 7.11 Å². The molecule has 0 aliphatic heterocycles. The molecule has 0 atom stereocenters. The molecule has 1 nitrogen and oxygen atoms in total. The number of hydrogen-bond acceptors (Lipinski definition) is 1. The topological polar surface area (TPSA) is 9.23 Å². The quantitative estimate of drug-likeness (QED) is 0.536. The first-order chi connectivity index (χ1) is 8.06. The molecule has 0 radical (unpaired) electrons. The molecule has 0 heterocycles. The SMILES string of the molecule is COC/C=C(\C)CC/C=C(/C)CCC=C(C)C. The Morgan fingerprint density at radius 3 is 1.88 bits per heavy atom. The summed E-state index contributed by atoms with van der Waals surface area (Å²) in [6.07, 6.45) is 11.5. The van der Waals surface area contributed by atoms with Crippen LogP contribution in [0.5, 0.6) is 0 Å². The third kappa shape index (κ3) is 11.4. The predicted molar refractivity (Wildman–Crippen MR) is 77.3 cm³/mol. The molecule has 1 heteroatoms. The van der Waals surface area contributed by atoms with Crippen LogP contribution in [0.1, 0.15) is 53.4 Å². The number of ether oxygens (including phenoxy) is 1. The van der Waals surface area contributed by atoms with Crippen LogP contribution in [0, 0.1) is 0 Å². The largest absolute Gasteiger partial charge is 0.381 e. The molecule has 0 saturated carbocycles. The van der Waals surface area contributed by atoms with Gasteiger partial charge < -0.3 is 4.74 Å². The first kappa shape index (κ1) is 16.2. The van der Waals surface area contributed by atoms with Gasteiger partial charge in [-0.2, -0.15) is 0 Å². The fraction of sp³-hybridized carbons (Fsp3) is 0.625. The van der Waals surface area contributed by atoms with Crippen molar-refractivity contribution in [3.63, 3.8) is 0 Å². The molecule has 0 unspecified atom stereocenters. The van der Waals surface area contributed by atoms with Gasteiger partial charge in [0.15, 0.2) is 0 Å². The smallest absolute Gasteiger partial charge is 0.0646 e. The molecule has 0 spiro atoms. The zero-order chi connectivity index (χ0) is 13.1. The number of allylic oxidation sites excluding steroid dienone is 5. The van der Waals surface area contributed by atoms with E-state index in [9.17, 15) is 0 Å². The van der Waals surface area contributed by atoms with Crippen LogP contribution in [0.3, 0.4) is 0 Å². The van der Waals surface area contributed by atoms with Gasteiger partial charge in [-0.1, -0.05) is 34.9 Å². The van der Waals surface area contributed by atoms with Crippen LogP contribution in [0.2, 0.25) is 0 Å². The van der Waals surface area contributed by atoms with Crippen LogP contribution in [0.4, 0.5) is 0 Å². The minimum atomic E-state index is 0.731. The van der Waals surface area contributed by atoms with Gasteiger partial charge in [0.2, 0.25) is 0 Å². The van der Waals surface area contributed by atoms with Crippen molar-refractivity contribution >= 4 is 0 Å². The van der Waals surface area contributed by atoms with Gasteiger partial charge in [-0.05, 0) is 53.4 Å². The van der Waals surface area contributed by atoms with E-state index in [1.807, 2.05) is 0 Å². The molecule has 0 saturated heterocycles. The average Bonchev–Trinajstić information content (AvgIpc) is 2.25. The maximum atomic E-state index is 5.02. The van der Waals surface area contributed by atoms with Crippen LogP contribution in [0.25, 0.3) is 0 Å². The highest BCUT2D eigenvalue weighted by molar-refractivity contribution is 5.05. The summed E-state index contributed by atoms with van der Waals surface area (Å²) >= 11 is 0. The van der Waals surface area contributed by atoms with Crippen molar-refractivity contribution in [3.05, 3.63) is 34.9 Å². The molecule has 0 aromatic carbocycles. The summed E-state index contributed by atoms with van der Waals surface area (Å²) in [6, 6.07) is 0. The van der Waals surface area contributed by atoms with E-state index in [0.717, 1.165) is 19.4 Å². The number of rotatable bonds is 8. The van der Waals surface area contributed by atoms with Crippen molar-refractivity contribution in [1.29, 1.82) is 0 Å². The molecule has 0 fully saturated rings. The summed E-state index contributed by atoms with van der Waals surface area (Å²) in [5.74, 6) is 0. The fourth-order valence-corrected chi connectivity index (χ4v) is 1.56. The second-order valence-corrected chi connectivity index (χ2v) is 4.92. The lowest BCUT2D eigenvalue weighted by Gasteiger charge is -2.01. The van der Waals surface area contributed by atoms with Crippen LogP contribution >= 0.6 is 0 Å². The van der Waals surface area contributed by atoms with E-state index >= 15 is 0 Å². The highest BCUT2D eigenvalue weighted by Crippen LogP contribution is 2.11. The average molecular weight is 236 g/mol. The highest BCUT2D eigenvalue weighted by atomic mass is 16.5. The van der Waals surface area contributed by atoms with E-state index in [2.05, 4.69) is 45.9 Å². The van der Waals surface area contributed by atoms with Crippen molar-refractivity contribution in [2.75, 3.05) is 13.7 Å². The Balaban J connectivity index is 3.80. The van der Waals surface area contributed by atoms with Gasteiger partial charge in [-0.3, -0.25) is 0 Å². The molecule has 0 aliphatic carbocycles. The Morgan fingerprint density at radius 2 is 1.35 bits per heavy atom. The lowest BCUT2D eigenvalue weighted by atomic mass is 10.1. The van der Waals surface area contributed by atoms with Gasteiger partial charge in [0.1, 0.15) is 0 Å². The zero-order valence-corrected chi connectivity index (χ0v) is 12.2. The van der Waals surface area contributed by atoms with E-state index in [-0.39, 0.29) is 0 Å². The molecule has 0 rings (SSSR count). The minimum absolute atomic E-state index is 0.731. The van der Waals surface area contributed by atoms with Crippen molar-refractivity contribution < 1.29 is 4.74 Å². The van der Waals surface area contributed by atoms with E-state index < -0.39 is 0 Å². The maximum absolute atomic E-state index is 5.02. The molecule has 17 heavy (non-hydrogen) atoms. The van der Waals surface area contributed by atoms with E-state index in [4.69, 9.17) is 4.74 Å². The molecular weight excluding hydrogens is 208 g/mol. The highest BCUT2D eigenvalue weighted by Gasteiger charge is 1.91. The Hall–Kier alpha value is -0.820. The van der Waals surface area contributed by atoms with Crippen LogP contribution in [-0.2, 0) is 4.74 Å². The van der Waals surface area contributed by atoms with Crippen molar-refractivity contribution in [2.24, 2.45) is 0 Å². The second-order valence-electron chi connectivity index (χ2n) is 4.92. The molecule has 0 aromatic rings. The van der Waals surface area contributed by atoms with Crippen molar-refractivity contribution in [3.8, 4) is 0 Å². The summed E-state index contributed by atoms with van der Waals surface area (Å²) in [4.78, 5) is 0. The first-order valence-electron chi connectivity index (χ1n) is 6.49. The second kappa shape index (κ2) is 10.3. The lowest BCUT2D eigenvalue weighted by Crippen LogP contribution is -1.85. The zero-order valence-electron chi connectivity index (χ0n) is 12.2. The summed E-state index contributed by atoms with van der Waals surface area (Å²) < 4.78 is 5.02. The predicted octanol–water partition coefficient (Wildman–Crippen LogP) is 5.05. The van der Waals surface area contributed by atoms with Gasteiger partial charge >= 0.3 is 0 Å². The van der Waals surface area contributed by atoms with E-state index in [1.54, 1.807) is 7.11 Å². The number of methoxy groups -OCH3 is 1. The fourth-order valence-electron chi connectivity index (χ4n) is 1.56. The van der Waals surface area contributed by atoms with Crippen molar-refractivity contribution in [1.82, 2.24) is 0 Å². The monoisotopic (exact) mass is 236 g/mol. The van der Waals surface area contributed by atoms with Crippen LogP contribution in [0.15, 0.2) is 34.9 Å². The minimum Gasteiger partial charge on any atom is -0.381 e. The van der Waals surface area contributed by atoms with Crippen LogP contribution in [-0.4, -0.2) is 13.7 Å². The van der Waals surface area contributed by atoms with Gasteiger partial charge in [0.25, 0.3) is 0 Å². The van der Waals surface area contributed by atoms with Gasteiger partial charge in [0.05, 0.1) is 6.61 Å². The Labute approximate surface area is 107 Å². The molecule has 0 bridgehead atoms. The van der Waals surface area contributed by atoms with E-state index in [1.165, 1.54) is 29.6 Å². The van der Waals surface area contributed by atoms with Crippen molar-refractivity contribution in [2.45, 2.75) is 53.4 Å². The molecule has 0 amide bonds. The van der Waals surface area contributed by atoms with Gasteiger partial charge in [-0.15, -0.1) is 0 Å². The van der Waals surface area contributed by atoms with Gasteiger partial charge in [-0.25, -0.2) is 0 Å². The summed E-state index contributed by atoms with van der Waals surface area (Å²) in [7, 11) is 1.73. The third-order valence-corrected chi connectivity index (χ3v) is 2.72. The molecule has 0 aromatic heterocycles. The third-order valence-electron chi connectivity index (χ3n) is 2.72. The Morgan fingerprint density at radius 1 is 0.824 bits per heavy atom. The Bertz CT molecular complexity index is 278. The summed E-state index contributed by atoms with van der Waals surface area (Å²) in [5.41, 5.74) is 4.33. The standard InChI is InChI=1S/C16H28O/c1-14(2)8-6-9-15(3)10-7-11-16(4)12-13-17-5/h8,10,12H,6-7,9,11,13H2,1-5H3/b15-10-,16-12+. The molecule has 98 valence electrons.